The van der Waals surface area contributed by atoms with E-state index in [1.165, 1.54) is 12.1 Å². The van der Waals surface area contributed by atoms with Gasteiger partial charge in [0.1, 0.15) is 5.75 Å². The minimum atomic E-state index is -0.571. The van der Waals surface area contributed by atoms with Crippen LogP contribution in [0, 0.1) is 16.0 Å². The lowest BCUT2D eigenvalue weighted by Gasteiger charge is -2.24. The van der Waals surface area contributed by atoms with Crippen molar-refractivity contribution in [1.82, 2.24) is 0 Å². The smallest absolute Gasteiger partial charge is 0.271 e. The third-order valence-electron chi connectivity index (χ3n) is 2.92. The molecule has 0 atom stereocenters. The van der Waals surface area contributed by atoms with Crippen LogP contribution in [0.5, 0.6) is 5.75 Å². The van der Waals surface area contributed by atoms with Gasteiger partial charge in [0.25, 0.3) is 5.69 Å². The van der Waals surface area contributed by atoms with Gasteiger partial charge in [-0.05, 0) is 18.9 Å². The van der Waals surface area contributed by atoms with Crippen LogP contribution in [-0.4, -0.2) is 15.9 Å². The summed E-state index contributed by atoms with van der Waals surface area (Å²) < 4.78 is 0. The Morgan fingerprint density at radius 1 is 1.47 bits per heavy atom. The molecule has 0 spiro atoms. The number of nitrogens with one attached hydrogen (secondary N) is 1. The molecule has 0 heterocycles. The lowest BCUT2D eigenvalue weighted by atomic mass is 9.85. The number of carbonyl (C=O) groups is 1. The summed E-state index contributed by atoms with van der Waals surface area (Å²) in [5.41, 5.74) is -0.0668. The fourth-order valence-corrected chi connectivity index (χ4v) is 1.64. The Morgan fingerprint density at radius 3 is 2.71 bits per heavy atom. The van der Waals surface area contributed by atoms with Crippen molar-refractivity contribution in [2.24, 2.45) is 5.92 Å². The minimum Gasteiger partial charge on any atom is -0.506 e. The maximum atomic E-state index is 11.6. The Kier molecular flexibility index (Phi) is 2.95. The third-order valence-corrected chi connectivity index (χ3v) is 2.92. The molecule has 1 fully saturated rings. The van der Waals surface area contributed by atoms with Crippen molar-refractivity contribution in [2.45, 2.75) is 19.3 Å². The van der Waals surface area contributed by atoms with Crippen molar-refractivity contribution in [3.63, 3.8) is 0 Å². The molecular weight excluding hydrogens is 224 g/mol. The van der Waals surface area contributed by atoms with Crippen molar-refractivity contribution >= 4 is 17.3 Å². The zero-order valence-corrected chi connectivity index (χ0v) is 9.05. The number of carbonyl (C=O) groups excluding carboxylic acids is 1. The molecule has 2 N–H and O–H groups in total. The second kappa shape index (κ2) is 4.40. The van der Waals surface area contributed by atoms with Crippen molar-refractivity contribution in [1.29, 1.82) is 0 Å². The first-order chi connectivity index (χ1) is 8.08. The number of hydrogen-bond donors (Lipinski definition) is 2. The van der Waals surface area contributed by atoms with Crippen LogP contribution < -0.4 is 5.32 Å². The first kappa shape index (κ1) is 11.4. The number of anilines is 1. The number of benzene rings is 1. The molecule has 6 nitrogen and oxygen atoms in total. The normalized spacial score (nSPS) is 15.1. The highest BCUT2D eigenvalue weighted by Gasteiger charge is 2.26. The molecule has 2 rings (SSSR count). The molecule has 0 saturated heterocycles. The van der Waals surface area contributed by atoms with Gasteiger partial charge in [0, 0.05) is 18.1 Å². The summed E-state index contributed by atoms with van der Waals surface area (Å²) in [6.07, 6.45) is 2.70. The fraction of sp³-hybridized carbons (Fsp3) is 0.364. The van der Waals surface area contributed by atoms with Gasteiger partial charge in [0.15, 0.2) is 0 Å². The molecule has 0 aliphatic heterocycles. The molecule has 1 aliphatic carbocycles. The second-order valence-corrected chi connectivity index (χ2v) is 4.08. The topological polar surface area (TPSA) is 92.5 Å². The van der Waals surface area contributed by atoms with E-state index in [-0.39, 0.29) is 28.9 Å². The Labute approximate surface area is 97.4 Å². The molecule has 1 saturated carbocycles. The Bertz CT molecular complexity index is 469. The molecular formula is C11H12N2O4. The van der Waals surface area contributed by atoms with E-state index < -0.39 is 4.92 Å². The maximum Gasteiger partial charge on any atom is 0.271 e. The Morgan fingerprint density at radius 2 is 2.18 bits per heavy atom. The number of non-ortho nitro benzene ring substituents is 1. The van der Waals surface area contributed by atoms with Gasteiger partial charge >= 0.3 is 0 Å². The van der Waals surface area contributed by atoms with E-state index in [0.29, 0.717) is 0 Å². The SMILES string of the molecule is O=C(Nc1cc([N+](=O)[O-])ccc1O)C1CCC1. The molecule has 6 heteroatoms. The van der Waals surface area contributed by atoms with Gasteiger partial charge in [0.2, 0.25) is 5.91 Å². The predicted octanol–water partition coefficient (Wildman–Crippen LogP) is 2.04. The van der Waals surface area contributed by atoms with Crippen LogP contribution in [0.3, 0.4) is 0 Å². The summed E-state index contributed by atoms with van der Waals surface area (Å²) in [7, 11) is 0. The summed E-state index contributed by atoms with van der Waals surface area (Å²) in [4.78, 5) is 21.6. The molecule has 0 bridgehead atoms. The summed E-state index contributed by atoms with van der Waals surface area (Å²) >= 11 is 0. The van der Waals surface area contributed by atoms with Crippen LogP contribution in [0.4, 0.5) is 11.4 Å². The molecule has 0 radical (unpaired) electrons. The van der Waals surface area contributed by atoms with Crippen LogP contribution in [0.1, 0.15) is 19.3 Å². The summed E-state index contributed by atoms with van der Waals surface area (Å²) in [6.45, 7) is 0. The number of amides is 1. The van der Waals surface area contributed by atoms with E-state index >= 15 is 0 Å². The lowest BCUT2D eigenvalue weighted by Crippen LogP contribution is -2.28. The van der Waals surface area contributed by atoms with Gasteiger partial charge in [-0.25, -0.2) is 0 Å². The number of phenolic OH excluding ortho intramolecular Hbond substituents is 1. The molecule has 0 unspecified atom stereocenters. The summed E-state index contributed by atoms with van der Waals surface area (Å²) in [6, 6.07) is 3.55. The molecule has 1 aromatic rings. The quantitative estimate of drug-likeness (QED) is 0.477. The van der Waals surface area contributed by atoms with E-state index in [2.05, 4.69) is 5.32 Å². The van der Waals surface area contributed by atoms with Gasteiger partial charge in [0.05, 0.1) is 10.6 Å². The average Bonchev–Trinajstić information content (AvgIpc) is 2.18. The number of rotatable bonds is 3. The largest absolute Gasteiger partial charge is 0.506 e. The fourth-order valence-electron chi connectivity index (χ4n) is 1.64. The molecule has 1 amide bonds. The number of hydrogen-bond acceptors (Lipinski definition) is 4. The minimum absolute atomic E-state index is 0.0336. The highest BCUT2D eigenvalue weighted by molar-refractivity contribution is 5.94. The third kappa shape index (κ3) is 2.35. The first-order valence-corrected chi connectivity index (χ1v) is 5.36. The van der Waals surface area contributed by atoms with Gasteiger partial charge in [-0.1, -0.05) is 6.42 Å². The van der Waals surface area contributed by atoms with Crippen molar-refractivity contribution < 1.29 is 14.8 Å². The van der Waals surface area contributed by atoms with Crippen LogP contribution in [-0.2, 0) is 4.79 Å². The van der Waals surface area contributed by atoms with Crippen LogP contribution in [0.25, 0.3) is 0 Å². The average molecular weight is 236 g/mol. The maximum absolute atomic E-state index is 11.6. The van der Waals surface area contributed by atoms with Crippen molar-refractivity contribution in [3.8, 4) is 5.75 Å². The first-order valence-electron chi connectivity index (χ1n) is 5.36. The van der Waals surface area contributed by atoms with E-state index in [4.69, 9.17) is 0 Å². The zero-order valence-electron chi connectivity index (χ0n) is 9.05. The molecule has 17 heavy (non-hydrogen) atoms. The Hall–Kier alpha value is -2.11. The lowest BCUT2D eigenvalue weighted by molar-refractivity contribution is -0.384. The van der Waals surface area contributed by atoms with Gasteiger partial charge in [-0.3, -0.25) is 14.9 Å². The van der Waals surface area contributed by atoms with Crippen LogP contribution in [0.15, 0.2) is 18.2 Å². The number of phenols is 1. The number of nitrogens with zero attached hydrogens (tertiary/aromatic N) is 1. The molecule has 0 aromatic heterocycles. The number of aromatic hydroxyl groups is 1. The van der Waals surface area contributed by atoms with E-state index in [0.717, 1.165) is 25.3 Å². The molecule has 1 aliphatic rings. The van der Waals surface area contributed by atoms with Gasteiger partial charge in [-0.2, -0.15) is 0 Å². The van der Waals surface area contributed by atoms with Gasteiger partial charge < -0.3 is 10.4 Å². The second-order valence-electron chi connectivity index (χ2n) is 4.08. The van der Waals surface area contributed by atoms with E-state index in [9.17, 15) is 20.0 Å². The van der Waals surface area contributed by atoms with Crippen LogP contribution >= 0.6 is 0 Å². The van der Waals surface area contributed by atoms with Crippen molar-refractivity contribution in [3.05, 3.63) is 28.3 Å². The number of nitro groups is 1. The van der Waals surface area contributed by atoms with E-state index in [1.807, 2.05) is 0 Å². The zero-order chi connectivity index (χ0) is 12.4. The Balaban J connectivity index is 2.16. The highest BCUT2D eigenvalue weighted by atomic mass is 16.6. The standard InChI is InChI=1S/C11H12N2O4/c14-10-5-4-8(13(16)17)6-9(10)12-11(15)7-2-1-3-7/h4-7,14H,1-3H2,(H,12,15). The highest BCUT2D eigenvalue weighted by Crippen LogP contribution is 2.31. The summed E-state index contributed by atoms with van der Waals surface area (Å²) in [5.74, 6) is -0.385. The molecule has 1 aromatic carbocycles. The van der Waals surface area contributed by atoms with Crippen molar-refractivity contribution in [2.75, 3.05) is 5.32 Å². The summed E-state index contributed by atoms with van der Waals surface area (Å²) in [5, 5.41) is 22.6. The van der Waals surface area contributed by atoms with Gasteiger partial charge in [-0.15, -0.1) is 0 Å². The van der Waals surface area contributed by atoms with Crippen LogP contribution in [0.2, 0.25) is 0 Å². The van der Waals surface area contributed by atoms with E-state index in [1.54, 1.807) is 0 Å². The number of nitro benzene ring substituents is 1. The monoisotopic (exact) mass is 236 g/mol. The predicted molar refractivity (Wildman–Crippen MR) is 60.7 cm³/mol. The molecule has 90 valence electrons.